The Balaban J connectivity index is 1.21. The van der Waals surface area contributed by atoms with E-state index in [0.29, 0.717) is 44.2 Å². The number of anilines is 1. The third-order valence-electron chi connectivity index (χ3n) is 5.68. The Morgan fingerprint density at radius 3 is 2.72 bits per heavy atom. The first-order chi connectivity index (χ1) is 14.2. The number of nitrogens with zero attached hydrogens (tertiary/aromatic N) is 2. The van der Waals surface area contributed by atoms with E-state index in [9.17, 15) is 9.59 Å². The third-order valence-corrected chi connectivity index (χ3v) is 5.68. The molecule has 0 aromatic heterocycles. The van der Waals surface area contributed by atoms with Gasteiger partial charge in [0.1, 0.15) is 13.2 Å². The van der Waals surface area contributed by atoms with Crippen LogP contribution in [0.3, 0.4) is 0 Å². The summed E-state index contributed by atoms with van der Waals surface area (Å²) in [4.78, 5) is 28.8. The molecule has 0 aliphatic carbocycles. The van der Waals surface area contributed by atoms with Crippen molar-refractivity contribution in [3.8, 4) is 11.5 Å². The van der Waals surface area contributed by atoms with Gasteiger partial charge in [0.05, 0.1) is 6.04 Å². The molecule has 0 radical (unpaired) electrons. The largest absolute Gasteiger partial charge is 0.486 e. The summed E-state index contributed by atoms with van der Waals surface area (Å²) < 4.78 is 11.1. The maximum Gasteiger partial charge on any atom is 0.315 e. The Bertz CT molecular complexity index is 735. The summed E-state index contributed by atoms with van der Waals surface area (Å²) in [6.45, 7) is 5.52. The molecule has 1 atom stereocenters. The minimum absolute atomic E-state index is 0.00271. The monoisotopic (exact) mass is 402 g/mol. The summed E-state index contributed by atoms with van der Waals surface area (Å²) in [6, 6.07) is 5.11. The van der Waals surface area contributed by atoms with Crippen molar-refractivity contribution >= 4 is 17.6 Å². The molecule has 158 valence electrons. The Morgan fingerprint density at radius 1 is 1.10 bits per heavy atom. The SMILES string of the molecule is O=C(NCCCN1CCCCC1)N[C@H]1CC(=O)N(c2ccc3c(c2)OCCO3)C1. The predicted molar refractivity (Wildman–Crippen MR) is 110 cm³/mol. The van der Waals surface area contributed by atoms with Crippen molar-refractivity contribution < 1.29 is 19.1 Å². The molecule has 0 saturated carbocycles. The molecule has 0 bridgehead atoms. The molecule has 8 heteroatoms. The average Bonchev–Trinajstić information content (AvgIpc) is 3.11. The highest BCUT2D eigenvalue weighted by molar-refractivity contribution is 5.97. The number of carbonyl (C=O) groups is 2. The van der Waals surface area contributed by atoms with Crippen LogP contribution in [0.5, 0.6) is 11.5 Å². The zero-order valence-corrected chi connectivity index (χ0v) is 16.8. The number of hydrogen-bond acceptors (Lipinski definition) is 5. The van der Waals surface area contributed by atoms with Crippen LogP contribution in [0.1, 0.15) is 32.1 Å². The number of benzene rings is 1. The predicted octanol–water partition coefficient (Wildman–Crippen LogP) is 1.74. The van der Waals surface area contributed by atoms with E-state index in [2.05, 4.69) is 15.5 Å². The van der Waals surface area contributed by atoms with Crippen molar-refractivity contribution in [1.82, 2.24) is 15.5 Å². The van der Waals surface area contributed by atoms with Gasteiger partial charge in [0.2, 0.25) is 5.91 Å². The van der Waals surface area contributed by atoms with E-state index in [0.717, 1.165) is 18.7 Å². The molecule has 2 saturated heterocycles. The second kappa shape index (κ2) is 9.35. The topological polar surface area (TPSA) is 83.1 Å². The van der Waals surface area contributed by atoms with Gasteiger partial charge in [0.15, 0.2) is 11.5 Å². The smallest absolute Gasteiger partial charge is 0.315 e. The van der Waals surface area contributed by atoms with Gasteiger partial charge in [-0.15, -0.1) is 0 Å². The van der Waals surface area contributed by atoms with Gasteiger partial charge in [-0.05, 0) is 51.0 Å². The van der Waals surface area contributed by atoms with Gasteiger partial charge in [-0.2, -0.15) is 0 Å². The molecule has 1 aromatic carbocycles. The number of fused-ring (bicyclic) bond motifs is 1. The van der Waals surface area contributed by atoms with Gasteiger partial charge in [-0.25, -0.2) is 4.79 Å². The lowest BCUT2D eigenvalue weighted by molar-refractivity contribution is -0.117. The number of piperidine rings is 1. The molecule has 2 fully saturated rings. The van der Waals surface area contributed by atoms with Crippen molar-refractivity contribution in [2.45, 2.75) is 38.1 Å². The van der Waals surface area contributed by atoms with Gasteiger partial charge >= 0.3 is 6.03 Å². The number of likely N-dealkylation sites (tertiary alicyclic amines) is 1. The number of rotatable bonds is 6. The van der Waals surface area contributed by atoms with Crippen molar-refractivity contribution in [2.75, 3.05) is 50.8 Å². The van der Waals surface area contributed by atoms with Crippen molar-refractivity contribution in [1.29, 1.82) is 0 Å². The van der Waals surface area contributed by atoms with Gasteiger partial charge in [0, 0.05) is 31.3 Å². The van der Waals surface area contributed by atoms with Crippen LogP contribution < -0.4 is 25.0 Å². The first kappa shape index (κ1) is 19.8. The van der Waals surface area contributed by atoms with Crippen molar-refractivity contribution in [2.24, 2.45) is 0 Å². The quantitative estimate of drug-likeness (QED) is 0.709. The van der Waals surface area contributed by atoms with Crippen LogP contribution in [0.2, 0.25) is 0 Å². The molecule has 2 N–H and O–H groups in total. The summed E-state index contributed by atoms with van der Waals surface area (Å²) in [7, 11) is 0. The summed E-state index contributed by atoms with van der Waals surface area (Å²) in [5.41, 5.74) is 0.769. The van der Waals surface area contributed by atoms with Crippen LogP contribution in [0, 0.1) is 0 Å². The minimum Gasteiger partial charge on any atom is -0.486 e. The molecule has 1 aromatic rings. The Labute approximate surface area is 171 Å². The molecule has 4 rings (SSSR count). The number of hydrogen-bond donors (Lipinski definition) is 2. The molecule has 0 unspecified atom stereocenters. The standard InChI is InChI=1S/C21H30N4O4/c26-20-13-16(23-21(27)22-7-4-10-24-8-2-1-3-9-24)15-25(20)17-5-6-18-19(14-17)29-12-11-28-18/h5-6,14,16H,1-4,7-13,15H2,(H2,22,23,27)/t16-/m0/s1. The molecule has 3 heterocycles. The number of ether oxygens (including phenoxy) is 2. The molecular formula is C21H30N4O4. The van der Waals surface area contributed by atoms with E-state index in [4.69, 9.17) is 9.47 Å². The van der Waals surface area contributed by atoms with E-state index in [1.807, 2.05) is 18.2 Å². The number of urea groups is 1. The molecule has 29 heavy (non-hydrogen) atoms. The highest BCUT2D eigenvalue weighted by Gasteiger charge is 2.32. The maximum absolute atomic E-state index is 12.4. The minimum atomic E-state index is -0.203. The number of nitrogens with one attached hydrogen (secondary N) is 2. The van der Waals surface area contributed by atoms with E-state index in [-0.39, 0.29) is 18.0 Å². The molecule has 0 spiro atoms. The van der Waals surface area contributed by atoms with Crippen LogP contribution in [-0.4, -0.2) is 68.8 Å². The summed E-state index contributed by atoms with van der Waals surface area (Å²) in [6.07, 6.45) is 5.14. The average molecular weight is 402 g/mol. The second-order valence-electron chi connectivity index (χ2n) is 7.89. The lowest BCUT2D eigenvalue weighted by Gasteiger charge is -2.26. The normalized spacial score (nSPS) is 21.9. The molecule has 3 aliphatic heterocycles. The Kier molecular flexibility index (Phi) is 6.39. The fraction of sp³-hybridized carbons (Fsp3) is 0.619. The fourth-order valence-corrected chi connectivity index (χ4v) is 4.18. The lowest BCUT2D eigenvalue weighted by atomic mass is 10.1. The van der Waals surface area contributed by atoms with E-state index in [1.165, 1.54) is 32.4 Å². The van der Waals surface area contributed by atoms with Crippen LogP contribution in [0.4, 0.5) is 10.5 Å². The van der Waals surface area contributed by atoms with Crippen molar-refractivity contribution in [3.05, 3.63) is 18.2 Å². The van der Waals surface area contributed by atoms with Gasteiger partial charge < -0.3 is 29.9 Å². The molecule has 3 amide bonds. The van der Waals surface area contributed by atoms with E-state index >= 15 is 0 Å². The summed E-state index contributed by atoms with van der Waals surface area (Å²) in [5, 5.41) is 5.84. The van der Waals surface area contributed by atoms with Gasteiger partial charge in [-0.1, -0.05) is 6.42 Å². The maximum atomic E-state index is 12.4. The number of carbonyl (C=O) groups excluding carboxylic acids is 2. The van der Waals surface area contributed by atoms with Crippen molar-refractivity contribution in [3.63, 3.8) is 0 Å². The summed E-state index contributed by atoms with van der Waals surface area (Å²) in [5.74, 6) is 1.35. The van der Waals surface area contributed by atoms with Crippen LogP contribution >= 0.6 is 0 Å². The highest BCUT2D eigenvalue weighted by Crippen LogP contribution is 2.35. The summed E-state index contributed by atoms with van der Waals surface area (Å²) >= 11 is 0. The van der Waals surface area contributed by atoms with Crippen LogP contribution in [-0.2, 0) is 4.79 Å². The lowest BCUT2D eigenvalue weighted by Crippen LogP contribution is -2.44. The van der Waals surface area contributed by atoms with Crippen LogP contribution in [0.25, 0.3) is 0 Å². The number of amides is 3. The zero-order chi connectivity index (χ0) is 20.1. The molecular weight excluding hydrogens is 372 g/mol. The van der Waals surface area contributed by atoms with E-state index in [1.54, 1.807) is 4.90 Å². The van der Waals surface area contributed by atoms with Gasteiger partial charge in [0.25, 0.3) is 0 Å². The second-order valence-corrected chi connectivity index (χ2v) is 7.89. The van der Waals surface area contributed by atoms with Gasteiger partial charge in [-0.3, -0.25) is 4.79 Å². The fourth-order valence-electron chi connectivity index (χ4n) is 4.18. The Morgan fingerprint density at radius 2 is 1.90 bits per heavy atom. The first-order valence-electron chi connectivity index (χ1n) is 10.7. The molecule has 3 aliphatic rings. The Hall–Kier alpha value is -2.48. The zero-order valence-electron chi connectivity index (χ0n) is 16.8. The first-order valence-corrected chi connectivity index (χ1v) is 10.7. The van der Waals surface area contributed by atoms with Crippen LogP contribution in [0.15, 0.2) is 18.2 Å². The highest BCUT2D eigenvalue weighted by atomic mass is 16.6. The third kappa shape index (κ3) is 5.12. The molecule has 8 nitrogen and oxygen atoms in total. The van der Waals surface area contributed by atoms with E-state index < -0.39 is 0 Å².